The molecule has 0 bridgehead atoms. The molecule has 0 radical (unpaired) electrons. The van der Waals surface area contributed by atoms with Gasteiger partial charge in [0.15, 0.2) is 5.78 Å². The van der Waals surface area contributed by atoms with E-state index < -0.39 is 6.10 Å². The number of carbonyl (C=O) groups is 2. The zero-order chi connectivity index (χ0) is 21.8. The number of aryl methyl sites for hydroxylation is 1. The summed E-state index contributed by atoms with van der Waals surface area (Å²) in [5, 5.41) is 5.33. The molecule has 2 aromatic rings. The van der Waals surface area contributed by atoms with Gasteiger partial charge in [0.1, 0.15) is 6.10 Å². The minimum absolute atomic E-state index is 0. The number of nitrogens with zero attached hydrogens (tertiary/aromatic N) is 1. The van der Waals surface area contributed by atoms with Crippen LogP contribution < -0.4 is 5.32 Å². The third-order valence-electron chi connectivity index (χ3n) is 6.17. The van der Waals surface area contributed by atoms with Crippen molar-refractivity contribution in [2.45, 2.75) is 51.3 Å². The number of rotatable bonds is 9. The van der Waals surface area contributed by atoms with Gasteiger partial charge in [0, 0.05) is 45.0 Å². The second-order valence-electron chi connectivity index (χ2n) is 8.53. The summed E-state index contributed by atoms with van der Waals surface area (Å²) >= 11 is 0. The van der Waals surface area contributed by atoms with Gasteiger partial charge in [-0.15, -0.1) is 12.4 Å². The summed E-state index contributed by atoms with van der Waals surface area (Å²) in [5.74, 6) is 0.0618. The fourth-order valence-electron chi connectivity index (χ4n) is 4.53. The molecule has 2 aliphatic rings. The summed E-state index contributed by atoms with van der Waals surface area (Å²) in [6.07, 6.45) is 3.35. The Bertz CT molecular complexity index is 954. The summed E-state index contributed by atoms with van der Waals surface area (Å²) in [7, 11) is 1.71. The van der Waals surface area contributed by atoms with E-state index in [0.29, 0.717) is 26.3 Å². The van der Waals surface area contributed by atoms with Crippen LogP contribution in [0.2, 0.25) is 0 Å². The predicted molar refractivity (Wildman–Crippen MR) is 128 cm³/mol. The van der Waals surface area contributed by atoms with E-state index in [1.807, 2.05) is 23.1 Å². The number of amides is 1. The third kappa shape index (κ3) is 5.49. The van der Waals surface area contributed by atoms with Crippen LogP contribution in [0.3, 0.4) is 0 Å². The topological polar surface area (TPSA) is 67.9 Å². The highest BCUT2D eigenvalue weighted by Crippen LogP contribution is 2.33. The summed E-state index contributed by atoms with van der Waals surface area (Å²) < 4.78 is 11.0. The van der Waals surface area contributed by atoms with E-state index in [2.05, 4.69) is 17.4 Å². The lowest BCUT2D eigenvalue weighted by Crippen LogP contribution is -2.49. The molecule has 6 nitrogen and oxygen atoms in total. The van der Waals surface area contributed by atoms with Crippen molar-refractivity contribution in [3.05, 3.63) is 47.0 Å². The summed E-state index contributed by atoms with van der Waals surface area (Å²) in [4.78, 5) is 28.0. The number of nitrogens with one attached hydrogen (secondary N) is 1. The van der Waals surface area contributed by atoms with E-state index >= 15 is 0 Å². The van der Waals surface area contributed by atoms with Crippen molar-refractivity contribution in [3.8, 4) is 0 Å². The maximum absolute atomic E-state index is 13.3. The number of ether oxygens (including phenoxy) is 2. The standard InChI is InChI=1S/C25H32N2O4.ClH/c1-17(28)24-19(14-18(6-5-12-30-2)21-7-3-4-8-22(21)24)16-27(20-9-10-20)25(29)23-15-26-11-13-31-23;/h3-4,7-8,14,20,23,26H,5-6,9-13,15-16H2,1-2H3;1H/t23-;/m1./s1. The Morgan fingerprint density at radius 3 is 2.56 bits per heavy atom. The Kier molecular flexibility index (Phi) is 8.65. The number of halogens is 1. The first-order chi connectivity index (χ1) is 15.1. The van der Waals surface area contributed by atoms with Crippen LogP contribution in [0.5, 0.6) is 0 Å². The molecule has 174 valence electrons. The Balaban J connectivity index is 0.00000289. The Morgan fingerprint density at radius 1 is 1.19 bits per heavy atom. The van der Waals surface area contributed by atoms with Gasteiger partial charge >= 0.3 is 0 Å². The molecule has 2 fully saturated rings. The number of benzene rings is 2. The average Bonchev–Trinajstić information content (AvgIpc) is 3.62. The first-order valence-electron chi connectivity index (χ1n) is 11.3. The largest absolute Gasteiger partial charge is 0.385 e. The predicted octanol–water partition coefficient (Wildman–Crippen LogP) is 3.52. The molecule has 1 N–H and O–H groups in total. The van der Waals surface area contributed by atoms with Crippen LogP contribution >= 0.6 is 12.4 Å². The fourth-order valence-corrected chi connectivity index (χ4v) is 4.53. The molecule has 1 aliphatic heterocycles. The number of Topliss-reactive ketones (excluding diaryl/α,β-unsaturated/α-hetero) is 1. The highest BCUT2D eigenvalue weighted by molar-refractivity contribution is 6.09. The van der Waals surface area contributed by atoms with Gasteiger partial charge in [-0.3, -0.25) is 9.59 Å². The Morgan fingerprint density at radius 2 is 1.94 bits per heavy atom. The highest BCUT2D eigenvalue weighted by atomic mass is 35.5. The zero-order valence-electron chi connectivity index (χ0n) is 18.9. The molecular weight excluding hydrogens is 428 g/mol. The molecule has 1 heterocycles. The number of hydrogen-bond donors (Lipinski definition) is 1. The zero-order valence-corrected chi connectivity index (χ0v) is 19.7. The van der Waals surface area contributed by atoms with E-state index in [-0.39, 0.29) is 30.1 Å². The van der Waals surface area contributed by atoms with Crippen molar-refractivity contribution in [2.75, 3.05) is 33.4 Å². The number of morpholine rings is 1. The average molecular weight is 461 g/mol. The number of hydrogen-bond acceptors (Lipinski definition) is 5. The van der Waals surface area contributed by atoms with Crippen LogP contribution in [0.15, 0.2) is 30.3 Å². The van der Waals surface area contributed by atoms with Crippen molar-refractivity contribution in [3.63, 3.8) is 0 Å². The molecule has 0 spiro atoms. The number of fused-ring (bicyclic) bond motifs is 1. The lowest BCUT2D eigenvalue weighted by Gasteiger charge is -2.31. The van der Waals surface area contributed by atoms with Gasteiger partial charge in [-0.1, -0.05) is 30.3 Å². The molecule has 0 aromatic heterocycles. The first kappa shape index (κ1) is 24.6. The minimum Gasteiger partial charge on any atom is -0.385 e. The van der Waals surface area contributed by atoms with E-state index in [4.69, 9.17) is 9.47 Å². The van der Waals surface area contributed by atoms with Gasteiger partial charge < -0.3 is 19.7 Å². The number of ketones is 1. The number of carbonyl (C=O) groups excluding carboxylic acids is 2. The highest BCUT2D eigenvalue weighted by Gasteiger charge is 2.37. The second kappa shape index (κ2) is 11.2. The Labute approximate surface area is 196 Å². The van der Waals surface area contributed by atoms with Crippen LogP contribution in [-0.4, -0.2) is 62.1 Å². The van der Waals surface area contributed by atoms with Crippen LogP contribution in [0.1, 0.15) is 47.7 Å². The lowest BCUT2D eigenvalue weighted by molar-refractivity contribution is -0.146. The maximum atomic E-state index is 13.3. The maximum Gasteiger partial charge on any atom is 0.253 e. The lowest BCUT2D eigenvalue weighted by atomic mass is 9.90. The minimum atomic E-state index is -0.447. The fraction of sp³-hybridized carbons (Fsp3) is 0.520. The van der Waals surface area contributed by atoms with E-state index in [1.165, 1.54) is 5.56 Å². The molecule has 2 aromatic carbocycles. The first-order valence-corrected chi connectivity index (χ1v) is 11.3. The van der Waals surface area contributed by atoms with Gasteiger partial charge in [0.05, 0.1) is 6.61 Å². The van der Waals surface area contributed by atoms with Crippen LogP contribution in [0, 0.1) is 0 Å². The second-order valence-corrected chi connectivity index (χ2v) is 8.53. The van der Waals surface area contributed by atoms with E-state index in [9.17, 15) is 9.59 Å². The molecule has 1 amide bonds. The van der Waals surface area contributed by atoms with Gasteiger partial charge in [-0.2, -0.15) is 0 Å². The van der Waals surface area contributed by atoms with Crippen LogP contribution in [0.25, 0.3) is 10.8 Å². The van der Waals surface area contributed by atoms with Crippen molar-refractivity contribution in [1.29, 1.82) is 0 Å². The number of methoxy groups -OCH3 is 1. The molecule has 1 aliphatic carbocycles. The summed E-state index contributed by atoms with van der Waals surface area (Å²) in [6.45, 7) is 4.62. The molecular formula is C25H33ClN2O4. The molecule has 1 saturated heterocycles. The molecule has 1 atom stereocenters. The molecule has 0 unspecified atom stereocenters. The van der Waals surface area contributed by atoms with E-state index in [0.717, 1.165) is 54.1 Å². The normalized spacial score (nSPS) is 18.2. The van der Waals surface area contributed by atoms with E-state index in [1.54, 1.807) is 14.0 Å². The monoisotopic (exact) mass is 460 g/mol. The molecule has 1 saturated carbocycles. The van der Waals surface area contributed by atoms with Gasteiger partial charge in [0.2, 0.25) is 0 Å². The van der Waals surface area contributed by atoms with Crippen molar-refractivity contribution in [2.24, 2.45) is 0 Å². The van der Waals surface area contributed by atoms with Gasteiger partial charge in [0.25, 0.3) is 5.91 Å². The smallest absolute Gasteiger partial charge is 0.253 e. The third-order valence-corrected chi connectivity index (χ3v) is 6.17. The molecule has 4 rings (SSSR count). The summed E-state index contributed by atoms with van der Waals surface area (Å²) in [5.41, 5.74) is 2.86. The molecule has 32 heavy (non-hydrogen) atoms. The quantitative estimate of drug-likeness (QED) is 0.458. The van der Waals surface area contributed by atoms with Gasteiger partial charge in [-0.05, 0) is 54.5 Å². The van der Waals surface area contributed by atoms with Gasteiger partial charge in [-0.25, -0.2) is 0 Å². The SMILES string of the molecule is COCCCc1cc(CN(C(=O)[C@H]2CNCCO2)C2CC2)c(C(C)=O)c2ccccc12.Cl. The van der Waals surface area contributed by atoms with Crippen LogP contribution in [-0.2, 0) is 27.2 Å². The van der Waals surface area contributed by atoms with Crippen molar-refractivity contribution >= 4 is 34.9 Å². The summed E-state index contributed by atoms with van der Waals surface area (Å²) in [6, 6.07) is 10.5. The van der Waals surface area contributed by atoms with Crippen molar-refractivity contribution in [1.82, 2.24) is 10.2 Å². The van der Waals surface area contributed by atoms with Crippen molar-refractivity contribution < 1.29 is 19.1 Å². The molecule has 7 heteroatoms. The Hall–Kier alpha value is -1.99. The van der Waals surface area contributed by atoms with Crippen LogP contribution in [0.4, 0.5) is 0 Å².